The summed E-state index contributed by atoms with van der Waals surface area (Å²) in [6.45, 7) is -0.265. The molecule has 2 aromatic rings. The van der Waals surface area contributed by atoms with Crippen molar-refractivity contribution in [1.29, 1.82) is 0 Å². The van der Waals surface area contributed by atoms with E-state index in [1.807, 2.05) is 0 Å². The molecule has 0 N–H and O–H groups in total. The number of nitro groups is 1. The lowest BCUT2D eigenvalue weighted by atomic mass is 9.63. The molecule has 6 atom stereocenters. The molecule has 1 heterocycles. The molecule has 172 valence electrons. The molecule has 4 aliphatic carbocycles. The zero-order chi connectivity index (χ0) is 23.7. The van der Waals surface area contributed by atoms with Gasteiger partial charge in [-0.2, -0.15) is 0 Å². The molecule has 3 amide bonds. The molecule has 1 saturated heterocycles. The lowest BCUT2D eigenvalue weighted by molar-refractivity contribution is -0.384. The number of halogens is 1. The third-order valence-corrected chi connectivity index (χ3v) is 8.07. The zero-order valence-corrected chi connectivity index (χ0v) is 18.7. The maximum absolute atomic E-state index is 13.5. The van der Waals surface area contributed by atoms with E-state index in [2.05, 4.69) is 12.2 Å². The molecule has 0 aromatic heterocycles. The number of anilines is 1. The number of amides is 3. The minimum Gasteiger partial charge on any atom is -0.288 e. The third kappa shape index (κ3) is 3.01. The number of carbonyl (C=O) groups is 3. The summed E-state index contributed by atoms with van der Waals surface area (Å²) in [4.78, 5) is 53.4. The topological polar surface area (TPSA) is 101 Å². The summed E-state index contributed by atoms with van der Waals surface area (Å²) >= 11 is 6.40. The van der Waals surface area contributed by atoms with Crippen molar-refractivity contribution in [3.63, 3.8) is 0 Å². The Morgan fingerprint density at radius 3 is 2.15 bits per heavy atom. The first-order valence-electron chi connectivity index (χ1n) is 11.2. The Kier molecular flexibility index (Phi) is 4.64. The summed E-state index contributed by atoms with van der Waals surface area (Å²) in [5.41, 5.74) is 0.397. The van der Waals surface area contributed by atoms with Gasteiger partial charge in [0.05, 0.1) is 27.5 Å². The molecule has 0 radical (unpaired) electrons. The second-order valence-electron chi connectivity index (χ2n) is 9.39. The van der Waals surface area contributed by atoms with Crippen LogP contribution in [0, 0.1) is 45.6 Å². The van der Waals surface area contributed by atoms with Crippen LogP contribution in [0.25, 0.3) is 0 Å². The lowest BCUT2D eigenvalue weighted by Gasteiger charge is -2.37. The minimum atomic E-state index is -0.545. The fourth-order valence-electron chi connectivity index (χ4n) is 6.10. The van der Waals surface area contributed by atoms with Crippen molar-refractivity contribution in [2.45, 2.75) is 6.42 Å². The van der Waals surface area contributed by atoms with E-state index in [9.17, 15) is 24.5 Å². The van der Waals surface area contributed by atoms with E-state index in [-0.39, 0.29) is 58.4 Å². The SMILES string of the molecule is O=C1C2C3C=CC(C4CC34)C2C(=O)N1CN(C(=O)c1ccc([N+](=O)[O-])cc1)c1ccccc1Cl. The fourth-order valence-corrected chi connectivity index (χ4v) is 6.34. The molecule has 5 aliphatic rings. The standard InChI is InChI=1S/C25H20ClN3O5/c26-19-3-1-2-4-20(19)27(23(30)13-5-7-14(8-6-13)29(33)34)12-28-24(31)21-15-9-10-16(18-11-17(15)18)22(21)25(28)32/h1-10,15-18,21-22H,11-12H2. The molecular formula is C25H20ClN3O5. The highest BCUT2D eigenvalue weighted by Crippen LogP contribution is 2.65. The van der Waals surface area contributed by atoms with Gasteiger partial charge in [0.2, 0.25) is 11.8 Å². The largest absolute Gasteiger partial charge is 0.288 e. The number of rotatable bonds is 5. The van der Waals surface area contributed by atoms with Gasteiger partial charge in [-0.3, -0.25) is 34.3 Å². The fraction of sp³-hybridized carbons (Fsp3) is 0.320. The monoisotopic (exact) mass is 477 g/mol. The second-order valence-corrected chi connectivity index (χ2v) is 9.80. The van der Waals surface area contributed by atoms with Crippen molar-refractivity contribution >= 4 is 40.7 Å². The third-order valence-electron chi connectivity index (χ3n) is 7.75. The van der Waals surface area contributed by atoms with E-state index in [1.54, 1.807) is 24.3 Å². The van der Waals surface area contributed by atoms with E-state index < -0.39 is 10.8 Å². The molecule has 9 heteroatoms. The van der Waals surface area contributed by atoms with Crippen LogP contribution in [-0.4, -0.2) is 34.2 Å². The quantitative estimate of drug-likeness (QED) is 0.281. The summed E-state index contributed by atoms with van der Waals surface area (Å²) in [5, 5.41) is 11.3. The molecular weight excluding hydrogens is 458 g/mol. The van der Waals surface area contributed by atoms with Gasteiger partial charge in [0.15, 0.2) is 0 Å². The Morgan fingerprint density at radius 1 is 1.00 bits per heavy atom. The second kappa shape index (κ2) is 7.50. The summed E-state index contributed by atoms with van der Waals surface area (Å²) in [6.07, 6.45) is 5.27. The molecule has 6 unspecified atom stereocenters. The Bertz CT molecular complexity index is 1240. The average molecular weight is 478 g/mol. The Hall–Kier alpha value is -3.52. The van der Waals surface area contributed by atoms with Crippen molar-refractivity contribution < 1.29 is 19.3 Å². The number of nitrogens with zero attached hydrogens (tertiary/aromatic N) is 3. The molecule has 34 heavy (non-hydrogen) atoms. The highest BCUT2D eigenvalue weighted by molar-refractivity contribution is 6.34. The number of nitro benzene ring substituents is 1. The number of allylic oxidation sites excluding steroid dienone is 2. The van der Waals surface area contributed by atoms with E-state index in [1.165, 1.54) is 34.1 Å². The molecule has 8 nitrogen and oxygen atoms in total. The van der Waals surface area contributed by atoms with Gasteiger partial charge in [-0.05, 0) is 54.4 Å². The van der Waals surface area contributed by atoms with Crippen LogP contribution >= 0.6 is 11.6 Å². The minimum absolute atomic E-state index is 0.0839. The number of para-hydroxylation sites is 1. The Balaban J connectivity index is 1.34. The predicted octanol–water partition coefficient (Wildman–Crippen LogP) is 3.91. The molecule has 2 saturated carbocycles. The average Bonchev–Trinajstić information content (AvgIpc) is 3.63. The van der Waals surface area contributed by atoms with E-state index in [0.717, 1.165) is 6.42 Å². The van der Waals surface area contributed by atoms with Gasteiger partial charge in [0.25, 0.3) is 11.6 Å². The number of hydrogen-bond acceptors (Lipinski definition) is 5. The molecule has 3 fully saturated rings. The molecule has 2 bridgehead atoms. The van der Waals surface area contributed by atoms with Crippen LogP contribution in [0.2, 0.25) is 5.02 Å². The number of likely N-dealkylation sites (tertiary alicyclic amines) is 1. The maximum atomic E-state index is 13.5. The zero-order valence-electron chi connectivity index (χ0n) is 17.9. The van der Waals surface area contributed by atoms with Crippen LogP contribution in [0.1, 0.15) is 16.8 Å². The summed E-state index contributed by atoms with van der Waals surface area (Å²) in [6, 6.07) is 11.9. The highest BCUT2D eigenvalue weighted by atomic mass is 35.5. The molecule has 7 rings (SSSR count). The van der Waals surface area contributed by atoms with Crippen LogP contribution in [0.3, 0.4) is 0 Å². The van der Waals surface area contributed by atoms with Gasteiger partial charge < -0.3 is 0 Å². The van der Waals surface area contributed by atoms with Crippen molar-refractivity contribution in [2.24, 2.45) is 35.5 Å². The van der Waals surface area contributed by atoms with Gasteiger partial charge in [0, 0.05) is 17.7 Å². The first-order valence-corrected chi connectivity index (χ1v) is 11.6. The van der Waals surface area contributed by atoms with Gasteiger partial charge in [-0.25, -0.2) is 0 Å². The van der Waals surface area contributed by atoms with Crippen LogP contribution in [-0.2, 0) is 9.59 Å². The van der Waals surface area contributed by atoms with Crippen LogP contribution in [0.4, 0.5) is 11.4 Å². The molecule has 1 aliphatic heterocycles. The smallest absolute Gasteiger partial charge is 0.269 e. The first kappa shape index (κ1) is 21.0. The molecule has 2 aromatic carbocycles. The number of hydrogen-bond donors (Lipinski definition) is 0. The number of benzene rings is 2. The van der Waals surface area contributed by atoms with Gasteiger partial charge in [-0.15, -0.1) is 0 Å². The summed E-state index contributed by atoms with van der Waals surface area (Å²) in [5.74, 6) is -0.600. The van der Waals surface area contributed by atoms with E-state index in [0.29, 0.717) is 17.5 Å². The van der Waals surface area contributed by atoms with Gasteiger partial charge in [0.1, 0.15) is 6.67 Å². The predicted molar refractivity (Wildman–Crippen MR) is 123 cm³/mol. The van der Waals surface area contributed by atoms with Crippen molar-refractivity contribution in [2.75, 3.05) is 11.6 Å². The maximum Gasteiger partial charge on any atom is 0.269 e. The number of carbonyl (C=O) groups excluding carboxylic acids is 3. The lowest BCUT2D eigenvalue weighted by Crippen LogP contribution is -2.45. The first-order chi connectivity index (χ1) is 16.4. The Morgan fingerprint density at radius 2 is 1.59 bits per heavy atom. The van der Waals surface area contributed by atoms with Crippen molar-refractivity contribution in [3.05, 3.63) is 81.4 Å². The molecule has 0 spiro atoms. The normalized spacial score (nSPS) is 30.2. The number of imide groups is 1. The van der Waals surface area contributed by atoms with Crippen LogP contribution in [0.5, 0.6) is 0 Å². The van der Waals surface area contributed by atoms with Crippen molar-refractivity contribution in [3.8, 4) is 0 Å². The highest BCUT2D eigenvalue weighted by Gasteiger charge is 2.67. The van der Waals surface area contributed by atoms with Crippen LogP contribution in [0.15, 0.2) is 60.7 Å². The van der Waals surface area contributed by atoms with Gasteiger partial charge >= 0.3 is 0 Å². The Labute approximate surface area is 199 Å². The summed E-state index contributed by atoms with van der Waals surface area (Å²) < 4.78 is 0. The van der Waals surface area contributed by atoms with Crippen LogP contribution < -0.4 is 4.90 Å². The van der Waals surface area contributed by atoms with Gasteiger partial charge in [-0.1, -0.05) is 35.9 Å². The van der Waals surface area contributed by atoms with E-state index >= 15 is 0 Å². The summed E-state index contributed by atoms with van der Waals surface area (Å²) in [7, 11) is 0. The van der Waals surface area contributed by atoms with E-state index in [4.69, 9.17) is 11.6 Å². The van der Waals surface area contributed by atoms with Crippen molar-refractivity contribution in [1.82, 2.24) is 4.90 Å². The number of non-ortho nitro benzene ring substituents is 1.